The number of nitrogens with one attached hydrogen (secondary N) is 3. The second kappa shape index (κ2) is 84.5. The molecule has 134 heavy (non-hydrogen) atoms. The first-order chi connectivity index (χ1) is 63.5. The first-order valence-corrected chi connectivity index (χ1v) is 143. The van der Waals surface area contributed by atoms with Crippen LogP contribution in [0.5, 0.6) is 0 Å². The third-order valence-electron chi connectivity index (χ3n) is 15.9. The fourth-order valence-electron chi connectivity index (χ4n) is 10.1. The summed E-state index contributed by atoms with van der Waals surface area (Å²) in [7, 11) is 95.2. The fraction of sp³-hybridized carbons (Fsp3) is 0.404. The van der Waals surface area contributed by atoms with Gasteiger partial charge in [-0.15, -0.1) is 268 Å². The molecule has 2 amide bonds. The van der Waals surface area contributed by atoms with Gasteiger partial charge in [0.15, 0.2) is 46.5 Å². The van der Waals surface area contributed by atoms with Gasteiger partial charge in [-0.1, -0.05) is 41.7 Å². The second-order valence-corrected chi connectivity index (χ2v) is 258. The summed E-state index contributed by atoms with van der Waals surface area (Å²) in [5.74, 6) is -0.153. The van der Waals surface area contributed by atoms with Crippen LogP contribution in [0.4, 0.5) is 36.4 Å². The number of nitrogens with zero attached hydrogens (tertiary/aromatic N) is 3. The van der Waals surface area contributed by atoms with E-state index in [1.807, 2.05) is 24.8 Å². The van der Waals surface area contributed by atoms with E-state index < -0.39 is 68.4 Å². The lowest BCUT2D eigenvalue weighted by molar-refractivity contribution is -0.143. The van der Waals surface area contributed by atoms with Crippen molar-refractivity contribution in [2.75, 3.05) is 64.1 Å². The molecule has 0 spiro atoms. The van der Waals surface area contributed by atoms with E-state index in [0.29, 0.717) is 62.5 Å². The number of benzene rings is 4. The Bertz CT molecular complexity index is 4200. The van der Waals surface area contributed by atoms with Gasteiger partial charge in [-0.2, -0.15) is 10.2 Å². The Morgan fingerprint density at radius 2 is 0.799 bits per heavy atom. The van der Waals surface area contributed by atoms with Crippen molar-refractivity contribution in [1.82, 2.24) is 16.2 Å². The van der Waals surface area contributed by atoms with Crippen LogP contribution < -0.4 is 32.8 Å². The van der Waals surface area contributed by atoms with Gasteiger partial charge in [0, 0.05) is 85.4 Å². The van der Waals surface area contributed by atoms with E-state index >= 15 is 0 Å². The zero-order valence-electron chi connectivity index (χ0n) is 74.6. The number of nitrogens with two attached hydrogens (primary N) is 2. The number of carbonyl (C=O) groups excluding carboxylic acids is 5. The van der Waals surface area contributed by atoms with Crippen molar-refractivity contribution in [1.29, 1.82) is 2.56 Å². The van der Waals surface area contributed by atoms with Gasteiger partial charge in [-0.25, -0.2) is 41.6 Å². The number of Topliss-reactive ketones (excluding diaryl/α,β-unsaturated/α-hetero) is 2. The molecule has 7 N–H and O–H groups in total. The molecule has 16 nitrogen and oxygen atoms in total. The summed E-state index contributed by atoms with van der Waals surface area (Å²) in [6.07, 6.45) is 0.903. The number of anilines is 1. The van der Waals surface area contributed by atoms with Crippen LogP contribution in [0.15, 0.2) is 83.0 Å². The first kappa shape index (κ1) is 147. The van der Waals surface area contributed by atoms with Crippen LogP contribution in [0.1, 0.15) is 92.1 Å². The largest absolute Gasteiger partial charge is 0.466 e. The average Bonchev–Trinajstić information content (AvgIpc) is 0.773. The molecule has 2 fully saturated rings. The minimum absolute atomic E-state index is 0.00705. The van der Waals surface area contributed by atoms with Crippen molar-refractivity contribution < 1.29 is 68.9 Å². The zero-order chi connectivity index (χ0) is 104. The number of hydrazine groups is 1. The summed E-state index contributed by atoms with van der Waals surface area (Å²) >= 11 is 0. The van der Waals surface area contributed by atoms with Crippen LogP contribution in [0.2, 0.25) is 0 Å². The molecule has 4 aliphatic heterocycles. The highest BCUT2D eigenvalue weighted by Crippen LogP contribution is 3.34. The van der Waals surface area contributed by atoms with Crippen molar-refractivity contribution in [3.63, 3.8) is 0 Å². The summed E-state index contributed by atoms with van der Waals surface area (Å²) in [4.78, 5) is 58.3. The van der Waals surface area contributed by atoms with Gasteiger partial charge >= 0.3 is 5.97 Å². The van der Waals surface area contributed by atoms with Crippen molar-refractivity contribution in [3.05, 3.63) is 136 Å². The molecule has 0 saturated carbocycles. The van der Waals surface area contributed by atoms with E-state index in [2.05, 4.69) is 306 Å². The molecule has 8 rings (SSSR count). The molecule has 82 heteroatoms. The molecule has 0 radical (unpaired) electrons. The molecule has 40 atom stereocenters. The summed E-state index contributed by atoms with van der Waals surface area (Å²) in [5, 5.41) is 11.1. The number of halogens is 7. The quantitative estimate of drug-likeness (QED) is 0.00709. The highest BCUT2D eigenvalue weighted by molar-refractivity contribution is 9.40. The van der Waals surface area contributed by atoms with Crippen molar-refractivity contribution >= 4 is 520 Å². The Labute approximate surface area is 897 Å². The molecule has 2 saturated heterocycles. The minimum atomic E-state index is -1.08. The predicted octanol–water partition coefficient (Wildman–Crippen LogP) is 41.0. The Hall–Kier alpha value is 18.4. The fourth-order valence-corrected chi connectivity index (χ4v) is 703. The summed E-state index contributed by atoms with van der Waals surface area (Å²) in [6.45, 7) is 11.3. The summed E-state index contributed by atoms with van der Waals surface area (Å²) in [5.41, 5.74) is 8.15. The van der Waals surface area contributed by atoms with E-state index in [9.17, 15) is 57.3 Å². The number of hydrogen-bond acceptors (Lipinski definition) is 14. The van der Waals surface area contributed by atoms with Gasteiger partial charge in [0.2, 0.25) is 11.8 Å². The maximum Gasteiger partial charge on any atom is 0.306 e. The van der Waals surface area contributed by atoms with E-state index in [1.165, 1.54) is 24.3 Å². The number of rotatable bonds is 37. The van der Waals surface area contributed by atoms with E-state index in [0.717, 1.165) is 81.9 Å². The lowest BCUT2D eigenvalue weighted by Crippen LogP contribution is -2.37. The maximum atomic E-state index is 14.4. The van der Waals surface area contributed by atoms with Gasteiger partial charge in [0.1, 0.15) is 5.82 Å². The van der Waals surface area contributed by atoms with Crippen LogP contribution in [-0.2, 0) is 28.6 Å². The average molecular weight is 2960 g/mol. The summed E-state index contributed by atoms with van der Waals surface area (Å²) in [6, 6.07) is 14.8. The molecule has 766 valence electrons. The topological polar surface area (TPSA) is 229 Å². The van der Waals surface area contributed by atoms with Crippen molar-refractivity contribution in [2.24, 2.45) is 39.6 Å². The monoisotopic (exact) mass is 2960 g/mol. The normalized spacial score (nSPS) is 17.4. The van der Waals surface area contributed by atoms with Gasteiger partial charge in [-0.3, -0.25) is 35.7 Å². The highest BCUT2D eigenvalue weighted by Gasteiger charge is 2.46. The minimum Gasteiger partial charge on any atom is -0.466 e. The van der Waals surface area contributed by atoms with Crippen LogP contribution in [0, 0.1) is 58.5 Å². The molecular formula is C52H126F7N8O8P59. The van der Waals surface area contributed by atoms with Crippen molar-refractivity contribution in [3.8, 4) is 0 Å². The molecule has 0 bridgehead atoms. The molecule has 0 aromatic heterocycles. The maximum absolute atomic E-state index is 14.4. The molecule has 4 heterocycles. The van der Waals surface area contributed by atoms with Gasteiger partial charge < -0.3 is 24.4 Å². The highest BCUT2D eigenvalue weighted by atomic mass is 33.5. The van der Waals surface area contributed by atoms with Crippen LogP contribution >= 0.6 is 473 Å². The number of carbonyl (C=O) groups is 5. The number of hydrazone groups is 2. The number of morpholine rings is 2. The second-order valence-electron chi connectivity index (χ2n) is 25.8. The van der Waals surface area contributed by atoms with Gasteiger partial charge in [0.25, 0.3) is 0 Å². The number of ether oxygens (including phenoxy) is 3. The molecule has 0 aliphatic carbocycles. The van der Waals surface area contributed by atoms with Gasteiger partial charge in [-0.05, 0) is 271 Å². The molecular weight excluding hydrogens is 2830 g/mol. The Morgan fingerprint density at radius 1 is 0.463 bits per heavy atom. The van der Waals surface area contributed by atoms with Gasteiger partial charge in [0.05, 0.1) is 59.1 Å². The standard InChI is InChI=1S/C15H18FN3O2.C13H14F2O3.C11H10F2N2O.C9H8F2O.C4H9NO.H4N2.H32P30.H31P29/c1-10-8-14(20)17-18-15(10)11-2-3-13(12(16)9-11)19-4-6-21-7-5-19;1-3-18-12(16)6-8(2)13(17)9-4-5-10(14)11(15)7-9;1-6-4-10(16)14-15-11(6)7-2-3-8(12)9(13)5-7;1-2-9(12)6-3-4-7(10)8(11)5-6;1-3-6-4-2-5-1;1-2;1-16-25(18(2)3)26(28(19(4)5)20(6)7)17-27(29(21(8)9)22(10)11)30(23(12)13)24(14)15;1-17(2)24(15)25(27(18(3)4)19(5)6)16-26(28(20(7)8)21(9)10)29(22(11)12)23(13)14/h2-3,9-10H,4-8H2,1H3,(H,17,20);4-5,7-8H,3,6H2,1-2H3;2-3,5-6H,4H2,1H3,(H,14,16);3-5H,2H2,1H3;5H,1-4H2;1-2H2;16-17H,1-15H2;16H,1-15H2/i;;;;;;17T;16T. The molecule has 40 unspecified atom stereocenters. The number of esters is 1. The molecule has 4 aliphatic rings. The summed E-state index contributed by atoms with van der Waals surface area (Å²) < 4.78 is 126. The Morgan fingerprint density at radius 3 is 1.11 bits per heavy atom. The third kappa shape index (κ3) is 57.6. The van der Waals surface area contributed by atoms with E-state index in [-0.39, 0.29) is 241 Å². The number of amides is 2. The van der Waals surface area contributed by atoms with Crippen LogP contribution in [0.3, 0.4) is 0 Å². The molecule has 4 aromatic carbocycles. The number of hydrogen-bond donors (Lipinski definition) is 5. The number of ketones is 2. The van der Waals surface area contributed by atoms with E-state index in [1.54, 1.807) is 26.8 Å². The van der Waals surface area contributed by atoms with Crippen LogP contribution in [0.25, 0.3) is 0 Å². The lowest BCUT2D eigenvalue weighted by atomic mass is 9.94. The Kier molecular flexibility index (Phi) is 92.4. The lowest BCUT2D eigenvalue weighted by Gasteiger charge is -2.46. The zero-order valence-corrected chi connectivity index (χ0v) is 133. The van der Waals surface area contributed by atoms with Crippen LogP contribution in [-0.4, -0.2) is 103 Å². The van der Waals surface area contributed by atoms with Crippen molar-refractivity contribution in [2.45, 2.75) is 60.3 Å². The predicted molar refractivity (Wildman–Crippen MR) is 763 cm³/mol. The Balaban J connectivity index is 0.000000819. The van der Waals surface area contributed by atoms with E-state index in [4.69, 9.17) is 14.2 Å². The SMILES string of the molecule is C1COCCN1.CC1CC(=O)NN=C1c1ccc(F)c(F)c1.CC1CC(=O)NN=C1c1ccc(N2CCOCC2)c(F)c1.CCC(=O)c1ccc(F)c(F)c1.CCOC(=O)CC(C)C(=O)c1ccc(F)c(F)c1.NN.[3H]P(P(P(P)P(P)P)P(P(P)P)P(P)P)P(P(P(P)P)P(P)P)P(P(P)P)P(P)P.[3H]P(P(P(PP)P(P)P)P(P(P)P)P(P)P)P(P(P(P)P)P(P)P)P(P(P)P)P(P)P. The molecule has 4 aromatic rings. The third-order valence-corrected chi connectivity index (χ3v) is 390. The first-order valence-electron chi connectivity index (χ1n) is 38.0. The smallest absolute Gasteiger partial charge is 0.306 e.